The van der Waals surface area contributed by atoms with Crippen molar-refractivity contribution < 1.29 is 21.2 Å². The average molecular weight is 682 g/mol. The SMILES string of the molecule is c1ccc([B-](c2ccccc2)(c2ccccc2)c2ccccc2)cc1.c1ccc([I+]c2ccc(C3CCCCC3)cc2)cc1. The summed E-state index contributed by atoms with van der Waals surface area (Å²) in [4.78, 5) is 0. The van der Waals surface area contributed by atoms with E-state index in [0.29, 0.717) is 0 Å². The average Bonchev–Trinajstić information content (AvgIpc) is 3.12. The molecule has 0 aromatic heterocycles. The van der Waals surface area contributed by atoms with E-state index < -0.39 is 6.15 Å². The zero-order valence-corrected chi connectivity index (χ0v) is 27.5. The molecule has 0 saturated heterocycles. The fraction of sp³-hybridized carbons (Fsp3) is 0.143. The molecule has 0 N–H and O–H groups in total. The van der Waals surface area contributed by atoms with Crippen molar-refractivity contribution in [1.82, 2.24) is 0 Å². The highest BCUT2D eigenvalue weighted by Crippen LogP contribution is 2.32. The van der Waals surface area contributed by atoms with Gasteiger partial charge in [-0.05, 0) is 48.6 Å². The van der Waals surface area contributed by atoms with Gasteiger partial charge >= 0.3 is 21.2 Å². The summed E-state index contributed by atoms with van der Waals surface area (Å²) >= 11 is -0.00271. The zero-order valence-electron chi connectivity index (χ0n) is 25.3. The van der Waals surface area contributed by atoms with Gasteiger partial charge in [0.05, 0.1) is 0 Å². The molecule has 2 heteroatoms. The van der Waals surface area contributed by atoms with E-state index in [2.05, 4.69) is 176 Å². The molecule has 218 valence electrons. The summed E-state index contributed by atoms with van der Waals surface area (Å²) in [7, 11) is 0. The Morgan fingerprint density at radius 3 is 1.09 bits per heavy atom. The van der Waals surface area contributed by atoms with Crippen LogP contribution in [0.5, 0.6) is 0 Å². The summed E-state index contributed by atoms with van der Waals surface area (Å²) in [5.74, 6) is 0.831. The van der Waals surface area contributed by atoms with Gasteiger partial charge in [0.25, 0.3) is 0 Å². The van der Waals surface area contributed by atoms with E-state index in [1.807, 2.05) is 0 Å². The van der Waals surface area contributed by atoms with Crippen LogP contribution in [0.1, 0.15) is 43.6 Å². The van der Waals surface area contributed by atoms with E-state index in [9.17, 15) is 0 Å². The Balaban J connectivity index is 0.000000162. The van der Waals surface area contributed by atoms with Gasteiger partial charge in [0.1, 0.15) is 6.15 Å². The highest BCUT2D eigenvalue weighted by Gasteiger charge is 2.31. The van der Waals surface area contributed by atoms with E-state index in [1.54, 1.807) is 5.56 Å². The van der Waals surface area contributed by atoms with Crippen LogP contribution in [-0.4, -0.2) is 6.15 Å². The molecule has 0 nitrogen and oxygen atoms in total. The van der Waals surface area contributed by atoms with Crippen LogP contribution < -0.4 is 43.1 Å². The molecule has 44 heavy (non-hydrogen) atoms. The van der Waals surface area contributed by atoms with Gasteiger partial charge in [-0.15, -0.1) is 0 Å². The van der Waals surface area contributed by atoms with Crippen molar-refractivity contribution in [2.45, 2.75) is 38.0 Å². The third-order valence-electron chi connectivity index (χ3n) is 9.10. The summed E-state index contributed by atoms with van der Waals surface area (Å²) in [5.41, 5.74) is 6.93. The van der Waals surface area contributed by atoms with Crippen molar-refractivity contribution in [2.75, 3.05) is 0 Å². The number of hydrogen-bond acceptors (Lipinski definition) is 0. The summed E-state index contributed by atoms with van der Waals surface area (Å²) in [6, 6.07) is 63.9. The molecule has 1 aliphatic carbocycles. The third-order valence-corrected chi connectivity index (χ3v) is 11.8. The second-order valence-corrected chi connectivity index (χ2v) is 14.8. The van der Waals surface area contributed by atoms with Crippen molar-refractivity contribution in [1.29, 1.82) is 0 Å². The molecular formula is C42H40BI. The summed E-state index contributed by atoms with van der Waals surface area (Å²) in [5, 5.41) is 0. The molecule has 1 aliphatic rings. The van der Waals surface area contributed by atoms with Crippen molar-refractivity contribution in [2.24, 2.45) is 0 Å². The van der Waals surface area contributed by atoms with Crippen LogP contribution in [0.3, 0.4) is 0 Å². The highest BCUT2D eigenvalue weighted by atomic mass is 127. The van der Waals surface area contributed by atoms with Gasteiger partial charge in [-0.1, -0.05) is 171 Å². The van der Waals surface area contributed by atoms with Gasteiger partial charge in [-0.3, -0.25) is 0 Å². The normalized spacial score (nSPS) is 13.5. The van der Waals surface area contributed by atoms with E-state index in [-0.39, 0.29) is 21.2 Å². The largest absolute Gasteiger partial charge is 0.357 e. The minimum Gasteiger partial charge on any atom is -0.195 e. The predicted octanol–water partition coefficient (Wildman–Crippen LogP) is 4.93. The molecular weight excluding hydrogens is 642 g/mol. The molecule has 0 bridgehead atoms. The molecule has 1 saturated carbocycles. The van der Waals surface area contributed by atoms with E-state index in [0.717, 1.165) is 5.92 Å². The van der Waals surface area contributed by atoms with Crippen LogP contribution in [0.15, 0.2) is 176 Å². The molecule has 0 atom stereocenters. The molecule has 0 amide bonds. The zero-order chi connectivity index (χ0) is 29.9. The molecule has 0 spiro atoms. The van der Waals surface area contributed by atoms with Crippen molar-refractivity contribution in [3.05, 3.63) is 189 Å². The van der Waals surface area contributed by atoms with Gasteiger partial charge in [0, 0.05) is 0 Å². The molecule has 0 radical (unpaired) electrons. The van der Waals surface area contributed by atoms with Crippen LogP contribution in [0, 0.1) is 7.14 Å². The maximum atomic E-state index is 2.38. The minimum atomic E-state index is -1.22. The second-order valence-electron chi connectivity index (χ2n) is 11.8. The predicted molar refractivity (Wildman–Crippen MR) is 186 cm³/mol. The first-order valence-corrected chi connectivity index (χ1v) is 18.2. The van der Waals surface area contributed by atoms with Crippen molar-refractivity contribution >= 4 is 28.0 Å². The smallest absolute Gasteiger partial charge is 0.195 e. The first kappa shape index (κ1) is 30.2. The molecule has 1 fully saturated rings. The second kappa shape index (κ2) is 15.2. The van der Waals surface area contributed by atoms with Gasteiger partial charge in [-0.25, -0.2) is 0 Å². The Morgan fingerprint density at radius 1 is 0.364 bits per heavy atom. The molecule has 0 heterocycles. The third kappa shape index (κ3) is 7.08. The van der Waals surface area contributed by atoms with Crippen LogP contribution in [0.4, 0.5) is 0 Å². The number of halogens is 1. The maximum absolute atomic E-state index is 2.38. The first-order chi connectivity index (χ1) is 21.8. The van der Waals surface area contributed by atoms with E-state index >= 15 is 0 Å². The Bertz CT molecular complexity index is 1500. The Hall–Kier alpha value is -3.89. The fourth-order valence-corrected chi connectivity index (χ4v) is 9.17. The van der Waals surface area contributed by atoms with Crippen LogP contribution >= 0.6 is 0 Å². The summed E-state index contributed by atoms with van der Waals surface area (Å²) in [6.07, 6.45) is 5.85. The Morgan fingerprint density at radius 2 is 0.705 bits per heavy atom. The molecule has 6 aromatic rings. The lowest BCUT2D eigenvalue weighted by molar-refractivity contribution is -0.597. The number of rotatable bonds is 7. The molecule has 0 aliphatic heterocycles. The number of benzene rings is 6. The molecule has 0 unspecified atom stereocenters. The Kier molecular flexibility index (Phi) is 10.4. The lowest BCUT2D eigenvalue weighted by atomic mass is 9.13. The van der Waals surface area contributed by atoms with E-state index in [4.69, 9.17) is 0 Å². The van der Waals surface area contributed by atoms with Gasteiger partial charge in [0.15, 0.2) is 7.14 Å². The quantitative estimate of drug-likeness (QED) is 0.166. The first-order valence-electron chi connectivity index (χ1n) is 16.0. The van der Waals surface area contributed by atoms with Crippen LogP contribution in [0.2, 0.25) is 0 Å². The summed E-state index contributed by atoms with van der Waals surface area (Å²) < 4.78 is 3.04. The van der Waals surface area contributed by atoms with Crippen LogP contribution in [-0.2, 0) is 0 Å². The lowest BCUT2D eigenvalue weighted by Gasteiger charge is -2.44. The highest BCUT2D eigenvalue weighted by molar-refractivity contribution is 7.19. The van der Waals surface area contributed by atoms with E-state index in [1.165, 1.54) is 61.1 Å². The molecule has 7 rings (SSSR count). The van der Waals surface area contributed by atoms with Gasteiger partial charge in [0.2, 0.25) is 0 Å². The maximum Gasteiger partial charge on any atom is 0.357 e. The minimum absolute atomic E-state index is 0.00271. The topological polar surface area (TPSA) is 0 Å². The Labute approximate surface area is 274 Å². The van der Waals surface area contributed by atoms with Crippen LogP contribution in [0.25, 0.3) is 0 Å². The van der Waals surface area contributed by atoms with Crippen molar-refractivity contribution in [3.8, 4) is 0 Å². The number of hydrogen-bond donors (Lipinski definition) is 0. The molecule has 6 aromatic carbocycles. The van der Waals surface area contributed by atoms with Gasteiger partial charge < -0.3 is 0 Å². The fourth-order valence-electron chi connectivity index (χ4n) is 6.96. The van der Waals surface area contributed by atoms with Gasteiger partial charge in [-0.2, -0.15) is 21.9 Å². The standard InChI is InChI=1S/C24H20B.C18H20I/c1-5-13-21(14-6-1)25(22-15-7-2-8-16-22,23-17-9-3-10-18-23)24-19-11-4-12-20-24;1-3-7-15(8-4-1)16-11-13-18(14-12-16)19-17-9-5-2-6-10-17/h1-20H;2,5-6,9-15H,1,3-4,7-8H2/q-1;+1. The summed E-state index contributed by atoms with van der Waals surface area (Å²) in [6.45, 7) is 0. The lowest BCUT2D eigenvalue weighted by Crippen LogP contribution is -3.61. The monoisotopic (exact) mass is 682 g/mol. The van der Waals surface area contributed by atoms with Crippen molar-refractivity contribution in [3.63, 3.8) is 0 Å².